The first kappa shape index (κ1) is 11.1. The number of aliphatic hydroxyl groups is 1. The Hall–Kier alpha value is -1.38. The Labute approximate surface area is 99.5 Å². The maximum absolute atomic E-state index is 9.08. The normalized spacial score (nSPS) is 10.4. The van der Waals surface area contributed by atoms with Crippen molar-refractivity contribution in [3.63, 3.8) is 0 Å². The van der Waals surface area contributed by atoms with Crippen LogP contribution in [0.25, 0.3) is 11.3 Å². The van der Waals surface area contributed by atoms with E-state index in [1.807, 2.05) is 37.3 Å². The summed E-state index contributed by atoms with van der Waals surface area (Å²) >= 11 is 5.78. The molecule has 0 unspecified atom stereocenters. The van der Waals surface area contributed by atoms with Crippen molar-refractivity contribution in [1.29, 1.82) is 0 Å². The minimum absolute atomic E-state index is 0.0696. The number of aliphatic hydroxyl groups excluding tert-OH is 1. The number of halogens is 1. The molecule has 0 fully saturated rings. The van der Waals surface area contributed by atoms with Gasteiger partial charge in [-0.15, -0.1) is 0 Å². The Morgan fingerprint density at radius 3 is 2.62 bits per heavy atom. The molecule has 82 valence electrons. The summed E-state index contributed by atoms with van der Waals surface area (Å²) in [6.07, 6.45) is 1.63. The number of pyridine rings is 1. The van der Waals surface area contributed by atoms with Gasteiger partial charge in [-0.2, -0.15) is 0 Å². The predicted octanol–water partition coefficient (Wildman–Crippen LogP) is 3.20. The highest BCUT2D eigenvalue weighted by molar-refractivity contribution is 6.30. The van der Waals surface area contributed by atoms with E-state index < -0.39 is 0 Å². The number of aromatic nitrogens is 1. The van der Waals surface area contributed by atoms with Crippen molar-refractivity contribution in [3.8, 4) is 11.3 Å². The Morgan fingerprint density at radius 2 is 2.06 bits per heavy atom. The van der Waals surface area contributed by atoms with Gasteiger partial charge in [0.1, 0.15) is 0 Å². The highest BCUT2D eigenvalue weighted by atomic mass is 35.5. The van der Waals surface area contributed by atoms with Gasteiger partial charge in [0.15, 0.2) is 0 Å². The molecule has 2 aromatic rings. The largest absolute Gasteiger partial charge is 0.392 e. The molecule has 0 bridgehead atoms. The number of hydrogen-bond donors (Lipinski definition) is 1. The van der Waals surface area contributed by atoms with Crippen LogP contribution in [0.4, 0.5) is 0 Å². The van der Waals surface area contributed by atoms with E-state index in [0.717, 1.165) is 22.4 Å². The molecule has 0 saturated heterocycles. The van der Waals surface area contributed by atoms with Gasteiger partial charge in [-0.05, 0) is 36.2 Å². The quantitative estimate of drug-likeness (QED) is 0.864. The van der Waals surface area contributed by atoms with Crippen LogP contribution >= 0.6 is 11.6 Å². The molecule has 0 radical (unpaired) electrons. The highest BCUT2D eigenvalue weighted by Gasteiger charge is 2.02. The van der Waals surface area contributed by atoms with E-state index in [9.17, 15) is 0 Å². The van der Waals surface area contributed by atoms with Gasteiger partial charge in [-0.25, -0.2) is 0 Å². The molecule has 0 aliphatic heterocycles. The molecule has 3 heteroatoms. The van der Waals surface area contributed by atoms with E-state index in [1.54, 1.807) is 6.20 Å². The summed E-state index contributed by atoms with van der Waals surface area (Å²) < 4.78 is 0. The molecule has 2 rings (SSSR count). The smallest absolute Gasteiger partial charge is 0.0703 e. The molecule has 1 aromatic carbocycles. The molecule has 1 aromatic heterocycles. The Balaban J connectivity index is 2.41. The summed E-state index contributed by atoms with van der Waals surface area (Å²) in [4.78, 5) is 4.25. The second-order valence-electron chi connectivity index (χ2n) is 3.66. The van der Waals surface area contributed by atoms with Crippen molar-refractivity contribution in [2.24, 2.45) is 0 Å². The first-order chi connectivity index (χ1) is 7.70. The van der Waals surface area contributed by atoms with Crippen LogP contribution in [0.15, 0.2) is 36.5 Å². The van der Waals surface area contributed by atoms with Gasteiger partial charge in [0, 0.05) is 11.8 Å². The molecule has 16 heavy (non-hydrogen) atoms. The van der Waals surface area contributed by atoms with Gasteiger partial charge in [-0.1, -0.05) is 23.7 Å². The lowest BCUT2D eigenvalue weighted by molar-refractivity contribution is 0.281. The SMILES string of the molecule is Cc1cc(-c2ccc(Cl)cn2)ccc1CO. The van der Waals surface area contributed by atoms with E-state index in [2.05, 4.69) is 4.98 Å². The van der Waals surface area contributed by atoms with Crippen molar-refractivity contribution < 1.29 is 5.11 Å². The minimum Gasteiger partial charge on any atom is -0.392 e. The molecular formula is C13H12ClNO. The fourth-order valence-corrected chi connectivity index (χ4v) is 1.69. The minimum atomic E-state index is 0.0696. The van der Waals surface area contributed by atoms with Gasteiger partial charge in [-0.3, -0.25) is 4.98 Å². The summed E-state index contributed by atoms with van der Waals surface area (Å²) in [5.41, 5.74) is 3.93. The summed E-state index contributed by atoms with van der Waals surface area (Å²) in [5.74, 6) is 0. The van der Waals surface area contributed by atoms with Crippen molar-refractivity contribution in [2.45, 2.75) is 13.5 Å². The zero-order valence-electron chi connectivity index (χ0n) is 8.94. The van der Waals surface area contributed by atoms with Gasteiger partial charge in [0.25, 0.3) is 0 Å². The lowest BCUT2D eigenvalue weighted by Crippen LogP contribution is -1.90. The molecular weight excluding hydrogens is 222 g/mol. The Kier molecular flexibility index (Phi) is 3.22. The van der Waals surface area contributed by atoms with Crippen LogP contribution in [-0.4, -0.2) is 10.1 Å². The molecule has 2 nitrogen and oxygen atoms in total. The van der Waals surface area contributed by atoms with Gasteiger partial charge in [0.05, 0.1) is 17.3 Å². The fraction of sp³-hybridized carbons (Fsp3) is 0.154. The second-order valence-corrected chi connectivity index (χ2v) is 4.10. The first-order valence-corrected chi connectivity index (χ1v) is 5.41. The van der Waals surface area contributed by atoms with Gasteiger partial charge >= 0.3 is 0 Å². The maximum atomic E-state index is 9.08. The Morgan fingerprint density at radius 1 is 1.25 bits per heavy atom. The third kappa shape index (κ3) is 2.23. The molecule has 0 saturated carbocycles. The van der Waals surface area contributed by atoms with Crippen LogP contribution in [0, 0.1) is 6.92 Å². The summed E-state index contributed by atoms with van der Waals surface area (Å²) in [7, 11) is 0. The van der Waals surface area contributed by atoms with E-state index in [0.29, 0.717) is 5.02 Å². The summed E-state index contributed by atoms with van der Waals surface area (Å²) in [6, 6.07) is 9.59. The van der Waals surface area contributed by atoms with Crippen molar-refractivity contribution in [2.75, 3.05) is 0 Å². The van der Waals surface area contributed by atoms with Crippen LogP contribution in [0.2, 0.25) is 5.02 Å². The lowest BCUT2D eigenvalue weighted by atomic mass is 10.0. The number of hydrogen-bond acceptors (Lipinski definition) is 2. The topological polar surface area (TPSA) is 33.1 Å². The molecule has 0 aliphatic rings. The molecule has 0 spiro atoms. The zero-order valence-corrected chi connectivity index (χ0v) is 9.70. The third-order valence-corrected chi connectivity index (χ3v) is 2.76. The van der Waals surface area contributed by atoms with Crippen LogP contribution in [0.5, 0.6) is 0 Å². The third-order valence-electron chi connectivity index (χ3n) is 2.54. The van der Waals surface area contributed by atoms with Crippen LogP contribution in [-0.2, 0) is 6.61 Å². The van der Waals surface area contributed by atoms with Crippen LogP contribution in [0.1, 0.15) is 11.1 Å². The fourth-order valence-electron chi connectivity index (χ4n) is 1.58. The van der Waals surface area contributed by atoms with Crippen molar-refractivity contribution in [1.82, 2.24) is 4.98 Å². The summed E-state index contributed by atoms with van der Waals surface area (Å²) in [6.45, 7) is 2.05. The second kappa shape index (κ2) is 4.64. The summed E-state index contributed by atoms with van der Waals surface area (Å²) in [5, 5.41) is 9.72. The molecule has 0 amide bonds. The van der Waals surface area contributed by atoms with Gasteiger partial charge in [0.2, 0.25) is 0 Å². The number of rotatable bonds is 2. The van der Waals surface area contributed by atoms with E-state index in [1.165, 1.54) is 0 Å². The average Bonchev–Trinajstić information content (AvgIpc) is 2.30. The Bertz CT molecular complexity index is 494. The standard InChI is InChI=1S/C13H12ClNO/c1-9-6-10(2-3-11(9)8-16)13-5-4-12(14)7-15-13/h2-7,16H,8H2,1H3. The average molecular weight is 234 g/mol. The molecule has 1 N–H and O–H groups in total. The highest BCUT2D eigenvalue weighted by Crippen LogP contribution is 2.21. The predicted molar refractivity (Wildman–Crippen MR) is 65.3 cm³/mol. The van der Waals surface area contributed by atoms with E-state index >= 15 is 0 Å². The van der Waals surface area contributed by atoms with E-state index in [-0.39, 0.29) is 6.61 Å². The van der Waals surface area contributed by atoms with Crippen molar-refractivity contribution in [3.05, 3.63) is 52.7 Å². The molecule has 0 atom stereocenters. The number of aryl methyl sites for hydroxylation is 1. The monoisotopic (exact) mass is 233 g/mol. The molecule has 0 aliphatic carbocycles. The first-order valence-electron chi connectivity index (χ1n) is 5.03. The number of nitrogens with zero attached hydrogens (tertiary/aromatic N) is 1. The van der Waals surface area contributed by atoms with Crippen molar-refractivity contribution >= 4 is 11.6 Å². The van der Waals surface area contributed by atoms with Gasteiger partial charge < -0.3 is 5.11 Å². The molecule has 1 heterocycles. The number of benzene rings is 1. The maximum Gasteiger partial charge on any atom is 0.0703 e. The van der Waals surface area contributed by atoms with E-state index in [4.69, 9.17) is 16.7 Å². The zero-order chi connectivity index (χ0) is 11.5. The lowest BCUT2D eigenvalue weighted by Gasteiger charge is -2.06. The van der Waals surface area contributed by atoms with Crippen LogP contribution in [0.3, 0.4) is 0 Å². The van der Waals surface area contributed by atoms with Crippen LogP contribution < -0.4 is 0 Å².